The van der Waals surface area contributed by atoms with Gasteiger partial charge in [-0.05, 0) is 60.8 Å². The summed E-state index contributed by atoms with van der Waals surface area (Å²) in [5, 5.41) is 3.78. The highest BCUT2D eigenvalue weighted by molar-refractivity contribution is 5.32. The lowest BCUT2D eigenvalue weighted by Gasteiger charge is -2.38. The standard InChI is InChI=1S/C19H31NO/c1-13(2)19(14(3)4)12-20-17-9-16(10-17)15-7-6-8-18(11-15)21-5/h6-8,11,13-14,16-17,19-20H,9-10,12H2,1-5H3. The van der Waals surface area contributed by atoms with Gasteiger partial charge in [0.25, 0.3) is 0 Å². The van der Waals surface area contributed by atoms with Crippen LogP contribution >= 0.6 is 0 Å². The van der Waals surface area contributed by atoms with Crippen LogP contribution in [0.3, 0.4) is 0 Å². The molecular weight excluding hydrogens is 258 g/mol. The number of rotatable bonds is 7. The van der Waals surface area contributed by atoms with E-state index in [2.05, 4.69) is 51.2 Å². The van der Waals surface area contributed by atoms with E-state index >= 15 is 0 Å². The zero-order valence-corrected chi connectivity index (χ0v) is 14.2. The van der Waals surface area contributed by atoms with E-state index in [1.165, 1.54) is 18.4 Å². The second-order valence-corrected chi connectivity index (χ2v) is 7.20. The van der Waals surface area contributed by atoms with Gasteiger partial charge < -0.3 is 10.1 Å². The summed E-state index contributed by atoms with van der Waals surface area (Å²) in [6.07, 6.45) is 2.52. The molecule has 1 saturated carbocycles. The third kappa shape index (κ3) is 4.23. The van der Waals surface area contributed by atoms with Crippen molar-refractivity contribution in [3.05, 3.63) is 29.8 Å². The van der Waals surface area contributed by atoms with Crippen molar-refractivity contribution in [1.29, 1.82) is 0 Å². The van der Waals surface area contributed by atoms with E-state index in [0.717, 1.165) is 30.0 Å². The van der Waals surface area contributed by atoms with Gasteiger partial charge in [-0.25, -0.2) is 0 Å². The van der Waals surface area contributed by atoms with Crippen molar-refractivity contribution in [3.8, 4) is 5.75 Å². The minimum atomic E-state index is 0.696. The maximum Gasteiger partial charge on any atom is 0.119 e. The number of benzene rings is 1. The van der Waals surface area contributed by atoms with Crippen LogP contribution in [-0.4, -0.2) is 19.7 Å². The lowest BCUT2D eigenvalue weighted by molar-refractivity contribution is 0.225. The topological polar surface area (TPSA) is 21.3 Å². The number of nitrogens with one attached hydrogen (secondary N) is 1. The van der Waals surface area contributed by atoms with Gasteiger partial charge in [-0.1, -0.05) is 39.8 Å². The summed E-state index contributed by atoms with van der Waals surface area (Å²) in [6.45, 7) is 10.5. The van der Waals surface area contributed by atoms with E-state index in [-0.39, 0.29) is 0 Å². The van der Waals surface area contributed by atoms with Crippen LogP contribution in [0.25, 0.3) is 0 Å². The maximum absolute atomic E-state index is 5.32. The summed E-state index contributed by atoms with van der Waals surface area (Å²) in [5.41, 5.74) is 1.43. The lowest BCUT2D eigenvalue weighted by Crippen LogP contribution is -2.43. The Kier molecular flexibility index (Phi) is 5.69. The minimum absolute atomic E-state index is 0.696. The molecule has 1 aromatic carbocycles. The van der Waals surface area contributed by atoms with Crippen molar-refractivity contribution in [1.82, 2.24) is 5.32 Å². The molecular formula is C19H31NO. The van der Waals surface area contributed by atoms with Crippen molar-refractivity contribution >= 4 is 0 Å². The highest BCUT2D eigenvalue weighted by Crippen LogP contribution is 2.38. The zero-order chi connectivity index (χ0) is 15.4. The molecule has 2 heteroatoms. The fourth-order valence-corrected chi connectivity index (χ4v) is 3.50. The van der Waals surface area contributed by atoms with Crippen molar-refractivity contribution in [2.75, 3.05) is 13.7 Å². The van der Waals surface area contributed by atoms with Crippen molar-refractivity contribution in [2.24, 2.45) is 17.8 Å². The van der Waals surface area contributed by atoms with E-state index in [0.29, 0.717) is 12.0 Å². The van der Waals surface area contributed by atoms with Crippen LogP contribution in [0.15, 0.2) is 24.3 Å². The number of ether oxygens (including phenoxy) is 1. The van der Waals surface area contributed by atoms with E-state index in [1.54, 1.807) is 7.11 Å². The number of methoxy groups -OCH3 is 1. The van der Waals surface area contributed by atoms with Crippen LogP contribution in [0.1, 0.15) is 52.0 Å². The Hall–Kier alpha value is -1.02. The van der Waals surface area contributed by atoms with Gasteiger partial charge >= 0.3 is 0 Å². The second-order valence-electron chi connectivity index (χ2n) is 7.20. The van der Waals surface area contributed by atoms with Crippen molar-refractivity contribution in [3.63, 3.8) is 0 Å². The van der Waals surface area contributed by atoms with E-state index in [1.807, 2.05) is 6.07 Å². The molecule has 1 aromatic rings. The summed E-state index contributed by atoms with van der Waals surface area (Å²) in [6, 6.07) is 9.23. The molecule has 0 radical (unpaired) electrons. The Labute approximate surface area is 130 Å². The van der Waals surface area contributed by atoms with Gasteiger partial charge in [-0.3, -0.25) is 0 Å². The summed E-state index contributed by atoms with van der Waals surface area (Å²) in [4.78, 5) is 0. The summed E-state index contributed by atoms with van der Waals surface area (Å²) < 4.78 is 5.32. The monoisotopic (exact) mass is 289 g/mol. The highest BCUT2D eigenvalue weighted by Gasteiger charge is 2.31. The predicted octanol–water partition coefficient (Wildman–Crippen LogP) is 4.46. The molecule has 1 aliphatic carbocycles. The SMILES string of the molecule is COc1cccc(C2CC(NCC(C(C)C)C(C)C)C2)c1. The zero-order valence-electron chi connectivity index (χ0n) is 14.2. The number of hydrogen-bond donors (Lipinski definition) is 1. The Morgan fingerprint density at radius 3 is 2.38 bits per heavy atom. The lowest BCUT2D eigenvalue weighted by atomic mass is 9.75. The third-order valence-corrected chi connectivity index (χ3v) is 5.06. The quantitative estimate of drug-likeness (QED) is 0.800. The fraction of sp³-hybridized carbons (Fsp3) is 0.684. The molecule has 2 nitrogen and oxygen atoms in total. The summed E-state index contributed by atoms with van der Waals surface area (Å²) in [7, 11) is 1.74. The second kappa shape index (κ2) is 7.31. The summed E-state index contributed by atoms with van der Waals surface area (Å²) >= 11 is 0. The molecule has 21 heavy (non-hydrogen) atoms. The van der Waals surface area contributed by atoms with Gasteiger partial charge in [0, 0.05) is 6.04 Å². The Balaban J connectivity index is 1.78. The first-order valence-corrected chi connectivity index (χ1v) is 8.38. The Morgan fingerprint density at radius 1 is 1.14 bits per heavy atom. The van der Waals surface area contributed by atoms with Crippen LogP contribution < -0.4 is 10.1 Å². The fourth-order valence-electron chi connectivity index (χ4n) is 3.50. The minimum Gasteiger partial charge on any atom is -0.497 e. The maximum atomic E-state index is 5.32. The van der Waals surface area contributed by atoms with Gasteiger partial charge in [0.1, 0.15) is 5.75 Å². The van der Waals surface area contributed by atoms with Gasteiger partial charge in [0.05, 0.1) is 7.11 Å². The molecule has 0 aliphatic heterocycles. The molecule has 0 atom stereocenters. The first-order chi connectivity index (χ1) is 10.0. The Bertz CT molecular complexity index is 427. The van der Waals surface area contributed by atoms with Crippen LogP contribution in [0.4, 0.5) is 0 Å². The normalized spacial score (nSPS) is 21.9. The van der Waals surface area contributed by atoms with Crippen LogP contribution in [0.5, 0.6) is 5.75 Å². The average molecular weight is 289 g/mol. The van der Waals surface area contributed by atoms with Crippen LogP contribution in [-0.2, 0) is 0 Å². The van der Waals surface area contributed by atoms with E-state index in [9.17, 15) is 0 Å². The molecule has 1 N–H and O–H groups in total. The molecule has 0 unspecified atom stereocenters. The molecule has 0 amide bonds. The van der Waals surface area contributed by atoms with E-state index in [4.69, 9.17) is 4.74 Å². The molecule has 118 valence electrons. The number of hydrogen-bond acceptors (Lipinski definition) is 2. The molecule has 0 spiro atoms. The average Bonchev–Trinajstić information content (AvgIpc) is 2.40. The van der Waals surface area contributed by atoms with Gasteiger partial charge in [0.2, 0.25) is 0 Å². The van der Waals surface area contributed by atoms with Crippen molar-refractivity contribution < 1.29 is 4.74 Å². The first kappa shape index (κ1) is 16.4. The van der Waals surface area contributed by atoms with Gasteiger partial charge in [-0.15, -0.1) is 0 Å². The van der Waals surface area contributed by atoms with Gasteiger partial charge in [0.15, 0.2) is 0 Å². The molecule has 1 fully saturated rings. The van der Waals surface area contributed by atoms with Crippen molar-refractivity contribution in [2.45, 2.75) is 52.5 Å². The third-order valence-electron chi connectivity index (χ3n) is 5.06. The predicted molar refractivity (Wildman–Crippen MR) is 89.9 cm³/mol. The largest absolute Gasteiger partial charge is 0.497 e. The van der Waals surface area contributed by atoms with Gasteiger partial charge in [-0.2, -0.15) is 0 Å². The Morgan fingerprint density at radius 2 is 1.81 bits per heavy atom. The van der Waals surface area contributed by atoms with E-state index < -0.39 is 0 Å². The molecule has 0 heterocycles. The van der Waals surface area contributed by atoms with Crippen LogP contribution in [0.2, 0.25) is 0 Å². The molecule has 1 aliphatic rings. The molecule has 2 rings (SSSR count). The molecule has 0 bridgehead atoms. The smallest absolute Gasteiger partial charge is 0.119 e. The summed E-state index contributed by atoms with van der Waals surface area (Å²) in [5.74, 6) is 3.97. The molecule has 0 saturated heterocycles. The first-order valence-electron chi connectivity index (χ1n) is 8.38. The highest BCUT2D eigenvalue weighted by atomic mass is 16.5. The van der Waals surface area contributed by atoms with Crippen LogP contribution in [0, 0.1) is 17.8 Å². The molecule has 0 aromatic heterocycles.